The first-order valence-corrected chi connectivity index (χ1v) is 4.87. The lowest BCUT2D eigenvalue weighted by molar-refractivity contribution is 0.279. The highest BCUT2D eigenvalue weighted by Gasteiger charge is 2.31. The van der Waals surface area contributed by atoms with Crippen molar-refractivity contribution in [3.05, 3.63) is 0 Å². The summed E-state index contributed by atoms with van der Waals surface area (Å²) in [5, 5.41) is 12.5. The molecule has 0 atom stereocenters. The molecular formula is C10H18N2. The van der Waals surface area contributed by atoms with Gasteiger partial charge in [0.05, 0.1) is 6.07 Å². The monoisotopic (exact) mass is 166 g/mol. The fraction of sp³-hybridized carbons (Fsp3) is 0.900. The van der Waals surface area contributed by atoms with Crippen LogP contribution in [0.4, 0.5) is 0 Å². The van der Waals surface area contributed by atoms with Crippen molar-refractivity contribution in [2.45, 2.75) is 57.5 Å². The van der Waals surface area contributed by atoms with Crippen molar-refractivity contribution in [1.29, 1.82) is 5.26 Å². The van der Waals surface area contributed by atoms with Crippen LogP contribution < -0.4 is 5.32 Å². The number of rotatable bonds is 2. The van der Waals surface area contributed by atoms with E-state index in [1.807, 2.05) is 0 Å². The number of nitrogens with zero attached hydrogens (tertiary/aromatic N) is 1. The lowest BCUT2D eigenvalue weighted by atomic mass is 9.82. The molecule has 0 heterocycles. The Kier molecular flexibility index (Phi) is 3.11. The second-order valence-electron chi connectivity index (χ2n) is 4.05. The molecule has 0 aromatic rings. The van der Waals surface area contributed by atoms with Gasteiger partial charge >= 0.3 is 0 Å². The standard InChI is InChI=1S/C10H18N2/c1-9(2)12-10(8-11)6-4-3-5-7-10/h9,12H,3-7H2,1-2H3. The minimum Gasteiger partial charge on any atom is -0.297 e. The van der Waals surface area contributed by atoms with Gasteiger partial charge in [-0.05, 0) is 26.7 Å². The highest BCUT2D eigenvalue weighted by Crippen LogP contribution is 2.27. The molecular weight excluding hydrogens is 148 g/mol. The molecule has 0 aromatic heterocycles. The van der Waals surface area contributed by atoms with Gasteiger partial charge in [-0.15, -0.1) is 0 Å². The summed E-state index contributed by atoms with van der Waals surface area (Å²) in [6.45, 7) is 4.21. The Bertz CT molecular complexity index is 173. The van der Waals surface area contributed by atoms with Crippen LogP contribution >= 0.6 is 0 Å². The first-order chi connectivity index (χ1) is 5.68. The van der Waals surface area contributed by atoms with Gasteiger partial charge in [0.25, 0.3) is 0 Å². The second-order valence-corrected chi connectivity index (χ2v) is 4.05. The zero-order valence-corrected chi connectivity index (χ0v) is 8.06. The van der Waals surface area contributed by atoms with Crippen molar-refractivity contribution in [2.24, 2.45) is 0 Å². The third-order valence-electron chi connectivity index (χ3n) is 2.49. The summed E-state index contributed by atoms with van der Waals surface area (Å²) < 4.78 is 0. The first-order valence-electron chi connectivity index (χ1n) is 4.87. The smallest absolute Gasteiger partial charge is 0.106 e. The van der Waals surface area contributed by atoms with Crippen molar-refractivity contribution in [2.75, 3.05) is 0 Å². The van der Waals surface area contributed by atoms with E-state index < -0.39 is 0 Å². The van der Waals surface area contributed by atoms with Crippen LogP contribution in [-0.2, 0) is 0 Å². The summed E-state index contributed by atoms with van der Waals surface area (Å²) >= 11 is 0. The average molecular weight is 166 g/mol. The molecule has 1 aliphatic rings. The van der Waals surface area contributed by atoms with E-state index in [4.69, 9.17) is 5.26 Å². The summed E-state index contributed by atoms with van der Waals surface area (Å²) in [6, 6.07) is 2.86. The van der Waals surface area contributed by atoms with E-state index >= 15 is 0 Å². The Hall–Kier alpha value is -0.550. The van der Waals surface area contributed by atoms with E-state index in [1.54, 1.807) is 0 Å². The van der Waals surface area contributed by atoms with Crippen molar-refractivity contribution in [3.63, 3.8) is 0 Å². The Balaban J connectivity index is 2.55. The van der Waals surface area contributed by atoms with E-state index in [9.17, 15) is 0 Å². The quantitative estimate of drug-likeness (QED) is 0.682. The Morgan fingerprint density at radius 3 is 2.25 bits per heavy atom. The Morgan fingerprint density at radius 2 is 1.83 bits per heavy atom. The zero-order chi connectivity index (χ0) is 9.03. The molecule has 0 aliphatic heterocycles. The molecule has 12 heavy (non-hydrogen) atoms. The summed E-state index contributed by atoms with van der Waals surface area (Å²) in [5.41, 5.74) is -0.202. The van der Waals surface area contributed by atoms with Crippen molar-refractivity contribution < 1.29 is 0 Å². The highest BCUT2D eigenvalue weighted by atomic mass is 15.0. The largest absolute Gasteiger partial charge is 0.297 e. The second kappa shape index (κ2) is 3.91. The molecule has 0 bridgehead atoms. The minimum absolute atomic E-state index is 0.202. The predicted octanol–water partition coefficient (Wildman–Crippen LogP) is 2.21. The van der Waals surface area contributed by atoms with E-state index in [1.165, 1.54) is 19.3 Å². The zero-order valence-electron chi connectivity index (χ0n) is 8.06. The molecule has 1 fully saturated rings. The fourth-order valence-electron chi connectivity index (χ4n) is 2.00. The molecule has 0 unspecified atom stereocenters. The maximum atomic E-state index is 9.08. The van der Waals surface area contributed by atoms with Crippen LogP contribution in [0.25, 0.3) is 0 Å². The minimum atomic E-state index is -0.202. The first kappa shape index (κ1) is 9.54. The predicted molar refractivity (Wildman–Crippen MR) is 49.7 cm³/mol. The summed E-state index contributed by atoms with van der Waals surface area (Å²) in [4.78, 5) is 0. The molecule has 1 saturated carbocycles. The third-order valence-corrected chi connectivity index (χ3v) is 2.49. The summed E-state index contributed by atoms with van der Waals surface area (Å²) in [6.07, 6.45) is 5.76. The molecule has 1 aliphatic carbocycles. The SMILES string of the molecule is CC(C)NC1(C#N)CCCCC1. The van der Waals surface area contributed by atoms with Crippen LogP contribution in [0.15, 0.2) is 0 Å². The van der Waals surface area contributed by atoms with Gasteiger partial charge in [0.2, 0.25) is 0 Å². The molecule has 0 radical (unpaired) electrons. The highest BCUT2D eigenvalue weighted by molar-refractivity contribution is 5.08. The summed E-state index contributed by atoms with van der Waals surface area (Å²) in [7, 11) is 0. The molecule has 0 saturated heterocycles. The number of hydrogen-bond acceptors (Lipinski definition) is 2. The molecule has 1 N–H and O–H groups in total. The Labute approximate surface area is 75.0 Å². The maximum absolute atomic E-state index is 9.08. The van der Waals surface area contributed by atoms with Crippen LogP contribution in [0, 0.1) is 11.3 Å². The van der Waals surface area contributed by atoms with E-state index in [0.717, 1.165) is 12.8 Å². The molecule has 0 aromatic carbocycles. The molecule has 0 spiro atoms. The van der Waals surface area contributed by atoms with Crippen LogP contribution in [0.1, 0.15) is 46.0 Å². The molecule has 2 nitrogen and oxygen atoms in total. The number of nitriles is 1. The maximum Gasteiger partial charge on any atom is 0.106 e. The fourth-order valence-corrected chi connectivity index (χ4v) is 2.00. The number of nitrogens with one attached hydrogen (secondary N) is 1. The lowest BCUT2D eigenvalue weighted by Gasteiger charge is -2.33. The van der Waals surface area contributed by atoms with Gasteiger partial charge in [0.15, 0.2) is 0 Å². The molecule has 68 valence electrons. The normalized spacial score (nSPS) is 22.2. The van der Waals surface area contributed by atoms with Crippen molar-refractivity contribution in [3.8, 4) is 6.07 Å². The van der Waals surface area contributed by atoms with Crippen LogP contribution in [-0.4, -0.2) is 11.6 Å². The Morgan fingerprint density at radius 1 is 1.25 bits per heavy atom. The number of hydrogen-bond donors (Lipinski definition) is 1. The van der Waals surface area contributed by atoms with Gasteiger partial charge < -0.3 is 0 Å². The summed E-state index contributed by atoms with van der Waals surface area (Å²) in [5.74, 6) is 0. The third kappa shape index (κ3) is 2.22. The molecule has 2 heteroatoms. The van der Waals surface area contributed by atoms with Gasteiger partial charge in [-0.3, -0.25) is 5.32 Å². The van der Waals surface area contributed by atoms with Gasteiger partial charge in [0, 0.05) is 6.04 Å². The topological polar surface area (TPSA) is 35.8 Å². The molecule has 1 rings (SSSR count). The lowest BCUT2D eigenvalue weighted by Crippen LogP contribution is -2.48. The van der Waals surface area contributed by atoms with E-state index in [2.05, 4.69) is 25.2 Å². The van der Waals surface area contributed by atoms with Crippen LogP contribution in [0.5, 0.6) is 0 Å². The van der Waals surface area contributed by atoms with Gasteiger partial charge in [-0.1, -0.05) is 19.3 Å². The van der Waals surface area contributed by atoms with Gasteiger partial charge in [-0.25, -0.2) is 0 Å². The van der Waals surface area contributed by atoms with Crippen molar-refractivity contribution in [1.82, 2.24) is 5.32 Å². The van der Waals surface area contributed by atoms with Gasteiger partial charge in [-0.2, -0.15) is 5.26 Å². The van der Waals surface area contributed by atoms with Gasteiger partial charge in [0.1, 0.15) is 5.54 Å². The average Bonchev–Trinajstić information content (AvgIpc) is 2.05. The van der Waals surface area contributed by atoms with Crippen LogP contribution in [0.3, 0.4) is 0 Å². The van der Waals surface area contributed by atoms with Crippen LogP contribution in [0.2, 0.25) is 0 Å². The van der Waals surface area contributed by atoms with Crippen molar-refractivity contribution >= 4 is 0 Å². The van der Waals surface area contributed by atoms with E-state index in [0.29, 0.717) is 6.04 Å². The van der Waals surface area contributed by atoms with E-state index in [-0.39, 0.29) is 5.54 Å². The molecule has 0 amide bonds.